The molecular formula is C63H36N4O2. The van der Waals surface area contributed by atoms with Crippen molar-refractivity contribution in [1.29, 1.82) is 0 Å². The molecule has 15 rings (SSSR count). The molecule has 0 aliphatic carbocycles. The maximum absolute atomic E-state index is 6.96. The fourth-order valence-electron chi connectivity index (χ4n) is 10.8. The highest BCUT2D eigenvalue weighted by atomic mass is 16.3. The summed E-state index contributed by atoms with van der Waals surface area (Å²) in [6.45, 7) is 0. The van der Waals surface area contributed by atoms with Gasteiger partial charge in [0.1, 0.15) is 22.3 Å². The van der Waals surface area contributed by atoms with Crippen LogP contribution >= 0.6 is 0 Å². The molecule has 0 N–H and O–H groups in total. The topological polar surface area (TPSA) is 69.9 Å². The van der Waals surface area contributed by atoms with Gasteiger partial charge < -0.3 is 13.4 Å². The number of hydrogen-bond donors (Lipinski definition) is 0. The molecule has 4 heterocycles. The Bertz CT molecular complexity index is 4600. The summed E-state index contributed by atoms with van der Waals surface area (Å²) < 4.78 is 16.0. The number of aromatic nitrogens is 4. The molecule has 0 amide bonds. The lowest BCUT2D eigenvalue weighted by molar-refractivity contribution is 0.669. The first-order valence-corrected chi connectivity index (χ1v) is 23.2. The average Bonchev–Trinajstić information content (AvgIpc) is 4.10. The molecule has 6 nitrogen and oxygen atoms in total. The maximum atomic E-state index is 6.96. The van der Waals surface area contributed by atoms with Crippen LogP contribution in [0, 0.1) is 0 Å². The Balaban J connectivity index is 0.952. The summed E-state index contributed by atoms with van der Waals surface area (Å²) >= 11 is 0. The molecule has 0 aliphatic heterocycles. The van der Waals surface area contributed by atoms with E-state index in [1.54, 1.807) is 0 Å². The number of hydrogen-bond acceptors (Lipinski definition) is 5. The SMILES string of the molecule is c1ccc(-c2ccc(-c3nc(-c4cccc5c4oc4ccccc45)nc(-c4cccc5c4oc4ccc6ccc(-n7c8cc9ccccc9cc8c8ccc9ccccc9c87)cc6c45)n3)cc2)cc1. The van der Waals surface area contributed by atoms with Crippen molar-refractivity contribution in [3.05, 3.63) is 218 Å². The second-order valence-corrected chi connectivity index (χ2v) is 17.9. The predicted octanol–water partition coefficient (Wildman–Crippen LogP) is 16.9. The van der Waals surface area contributed by atoms with E-state index in [0.29, 0.717) is 23.1 Å². The minimum absolute atomic E-state index is 0.509. The summed E-state index contributed by atoms with van der Waals surface area (Å²) in [5, 5.41) is 13.6. The van der Waals surface area contributed by atoms with Crippen LogP contribution in [0.25, 0.3) is 149 Å². The van der Waals surface area contributed by atoms with Crippen LogP contribution in [-0.4, -0.2) is 19.5 Å². The van der Waals surface area contributed by atoms with Crippen molar-refractivity contribution >= 4 is 98.0 Å². The summed E-state index contributed by atoms with van der Waals surface area (Å²) in [6.07, 6.45) is 0. The zero-order chi connectivity index (χ0) is 45.2. The van der Waals surface area contributed by atoms with Crippen molar-refractivity contribution < 1.29 is 8.83 Å². The molecule has 0 fully saturated rings. The van der Waals surface area contributed by atoms with Crippen LogP contribution in [0.1, 0.15) is 0 Å². The van der Waals surface area contributed by atoms with Gasteiger partial charge in [-0.2, -0.15) is 0 Å². The number of rotatable bonds is 5. The number of fused-ring (bicyclic) bond motifs is 14. The van der Waals surface area contributed by atoms with Crippen LogP contribution in [0.2, 0.25) is 0 Å². The third-order valence-electron chi connectivity index (χ3n) is 14.0. The normalized spacial score (nSPS) is 12.1. The Hall–Kier alpha value is -9.39. The standard InChI is InChI=1S/C63H36N4O2/c1-2-12-37(13-3-1)38-24-26-41(27-25-38)61-64-62(50-21-10-19-48-46-18-8-9-23-55(46)68-59(48)50)66-63(65-61)51-22-11-20-49-57-52-36-44(31-28-40(52)30-33-56(57)69-60(49)51)67-54-35-43-16-5-4-15-42(43)34-53(54)47-32-29-39-14-6-7-17-45(39)58(47)67/h1-36H. The molecule has 0 aliphatic rings. The molecule has 320 valence electrons. The van der Waals surface area contributed by atoms with E-state index in [-0.39, 0.29) is 0 Å². The van der Waals surface area contributed by atoms with E-state index in [1.165, 1.54) is 43.4 Å². The first-order valence-electron chi connectivity index (χ1n) is 23.2. The van der Waals surface area contributed by atoms with E-state index in [9.17, 15) is 0 Å². The van der Waals surface area contributed by atoms with Crippen LogP contribution in [0.3, 0.4) is 0 Å². The third kappa shape index (κ3) is 5.76. The summed E-state index contributed by atoms with van der Waals surface area (Å²) in [5.74, 6) is 1.58. The quantitative estimate of drug-likeness (QED) is 0.172. The molecule has 69 heavy (non-hydrogen) atoms. The van der Waals surface area contributed by atoms with Crippen LogP contribution in [0.15, 0.2) is 227 Å². The first kappa shape index (κ1) is 37.8. The maximum Gasteiger partial charge on any atom is 0.167 e. The van der Waals surface area contributed by atoms with Crippen molar-refractivity contribution in [2.24, 2.45) is 0 Å². The lowest BCUT2D eigenvalue weighted by Crippen LogP contribution is -2.00. The Morgan fingerprint density at radius 1 is 0.319 bits per heavy atom. The van der Waals surface area contributed by atoms with Gasteiger partial charge in [-0.3, -0.25) is 0 Å². The summed E-state index contributed by atoms with van der Waals surface area (Å²) in [6, 6.07) is 77.0. The van der Waals surface area contributed by atoms with Crippen molar-refractivity contribution in [1.82, 2.24) is 19.5 Å². The van der Waals surface area contributed by atoms with Gasteiger partial charge in [-0.05, 0) is 86.6 Å². The molecule has 15 aromatic rings. The number of benzene rings is 11. The fraction of sp³-hybridized carbons (Fsp3) is 0. The van der Waals surface area contributed by atoms with E-state index in [1.807, 2.05) is 36.4 Å². The summed E-state index contributed by atoms with van der Waals surface area (Å²) in [4.78, 5) is 15.7. The van der Waals surface area contributed by atoms with Gasteiger partial charge in [0.2, 0.25) is 0 Å². The molecular weight excluding hydrogens is 845 g/mol. The smallest absolute Gasteiger partial charge is 0.167 e. The molecule has 0 spiro atoms. The van der Waals surface area contributed by atoms with Gasteiger partial charge >= 0.3 is 0 Å². The van der Waals surface area contributed by atoms with Crippen molar-refractivity contribution in [2.75, 3.05) is 0 Å². The minimum atomic E-state index is 0.509. The van der Waals surface area contributed by atoms with Crippen LogP contribution in [0.4, 0.5) is 0 Å². The van der Waals surface area contributed by atoms with E-state index in [0.717, 1.165) is 82.6 Å². The molecule has 0 saturated heterocycles. The second kappa shape index (κ2) is 14.6. The van der Waals surface area contributed by atoms with Gasteiger partial charge in [0.25, 0.3) is 0 Å². The molecule has 0 bridgehead atoms. The van der Waals surface area contributed by atoms with E-state index < -0.39 is 0 Å². The van der Waals surface area contributed by atoms with Gasteiger partial charge in [-0.1, -0.05) is 170 Å². The number of furan rings is 2. The van der Waals surface area contributed by atoms with Crippen LogP contribution in [0.5, 0.6) is 0 Å². The molecule has 0 radical (unpaired) electrons. The van der Waals surface area contributed by atoms with Gasteiger partial charge in [0.05, 0.1) is 22.2 Å². The van der Waals surface area contributed by atoms with Gasteiger partial charge in [-0.25, -0.2) is 15.0 Å². The van der Waals surface area contributed by atoms with Crippen molar-refractivity contribution in [3.8, 4) is 51.0 Å². The molecule has 0 unspecified atom stereocenters. The molecule has 0 atom stereocenters. The fourth-order valence-corrected chi connectivity index (χ4v) is 10.8. The largest absolute Gasteiger partial charge is 0.455 e. The third-order valence-corrected chi connectivity index (χ3v) is 14.0. The monoisotopic (exact) mass is 880 g/mol. The Morgan fingerprint density at radius 3 is 1.71 bits per heavy atom. The van der Waals surface area contributed by atoms with Gasteiger partial charge in [0, 0.05) is 49.0 Å². The Labute approximate surface area is 394 Å². The zero-order valence-electron chi connectivity index (χ0n) is 36.9. The van der Waals surface area contributed by atoms with E-state index in [4.69, 9.17) is 23.8 Å². The number of nitrogens with zero attached hydrogens (tertiary/aromatic N) is 4. The minimum Gasteiger partial charge on any atom is -0.455 e. The second-order valence-electron chi connectivity index (χ2n) is 17.9. The lowest BCUT2D eigenvalue weighted by Gasteiger charge is -2.12. The Kier molecular flexibility index (Phi) is 7.97. The van der Waals surface area contributed by atoms with Crippen molar-refractivity contribution in [3.63, 3.8) is 0 Å². The summed E-state index contributed by atoms with van der Waals surface area (Å²) in [5.41, 5.74) is 11.2. The van der Waals surface area contributed by atoms with Gasteiger partial charge in [-0.15, -0.1) is 0 Å². The lowest BCUT2D eigenvalue weighted by atomic mass is 10.0. The Morgan fingerprint density at radius 2 is 0.899 bits per heavy atom. The average molecular weight is 881 g/mol. The number of para-hydroxylation sites is 3. The molecule has 6 heteroatoms. The molecule has 0 saturated carbocycles. The van der Waals surface area contributed by atoms with E-state index >= 15 is 0 Å². The van der Waals surface area contributed by atoms with Gasteiger partial charge in [0.15, 0.2) is 17.5 Å². The van der Waals surface area contributed by atoms with Crippen LogP contribution < -0.4 is 0 Å². The first-order chi connectivity index (χ1) is 34.2. The van der Waals surface area contributed by atoms with E-state index in [2.05, 4.69) is 187 Å². The molecule has 11 aromatic carbocycles. The highest BCUT2D eigenvalue weighted by molar-refractivity contribution is 6.23. The highest BCUT2D eigenvalue weighted by Gasteiger charge is 2.22. The highest BCUT2D eigenvalue weighted by Crippen LogP contribution is 2.43. The molecule has 4 aromatic heterocycles. The summed E-state index contributed by atoms with van der Waals surface area (Å²) in [7, 11) is 0. The van der Waals surface area contributed by atoms with Crippen LogP contribution in [-0.2, 0) is 0 Å². The van der Waals surface area contributed by atoms with Crippen molar-refractivity contribution in [2.45, 2.75) is 0 Å². The zero-order valence-corrected chi connectivity index (χ0v) is 36.9. The predicted molar refractivity (Wildman–Crippen MR) is 283 cm³/mol.